The summed E-state index contributed by atoms with van der Waals surface area (Å²) in [6, 6.07) is 5.29. The molecule has 1 aromatic rings. The molecule has 2 aliphatic rings. The topological polar surface area (TPSA) is 112 Å². The lowest BCUT2D eigenvalue weighted by molar-refractivity contribution is -0.183. The van der Waals surface area contributed by atoms with Crippen LogP contribution in [0.2, 0.25) is 0 Å². The quantitative estimate of drug-likeness (QED) is 0.447. The third-order valence-corrected chi connectivity index (χ3v) is 6.06. The lowest BCUT2D eigenvalue weighted by Crippen LogP contribution is -2.46. The van der Waals surface area contributed by atoms with Crippen LogP contribution in [0, 0.1) is 5.92 Å². The molecule has 1 aromatic carbocycles. The number of hydrogen-bond acceptors (Lipinski definition) is 7. The van der Waals surface area contributed by atoms with Crippen LogP contribution in [0.15, 0.2) is 18.2 Å². The van der Waals surface area contributed by atoms with Crippen molar-refractivity contribution in [3.8, 4) is 5.75 Å². The van der Waals surface area contributed by atoms with Crippen molar-refractivity contribution in [1.82, 2.24) is 15.5 Å². The summed E-state index contributed by atoms with van der Waals surface area (Å²) in [5.74, 6) is 0.122. The minimum atomic E-state index is -1.15. The third-order valence-electron chi connectivity index (χ3n) is 6.06. The van der Waals surface area contributed by atoms with Crippen LogP contribution in [0.1, 0.15) is 64.2 Å². The first-order valence-electron chi connectivity index (χ1n) is 12.3. The Bertz CT molecular complexity index is 848. The Labute approximate surface area is 202 Å². The fourth-order valence-corrected chi connectivity index (χ4v) is 4.26. The Morgan fingerprint density at radius 1 is 1.26 bits per heavy atom. The largest absolute Gasteiger partial charge is 0.486 e. The van der Waals surface area contributed by atoms with Crippen molar-refractivity contribution in [2.75, 3.05) is 31.5 Å². The van der Waals surface area contributed by atoms with Gasteiger partial charge in [-0.05, 0) is 72.7 Å². The van der Waals surface area contributed by atoms with E-state index < -0.39 is 12.0 Å². The van der Waals surface area contributed by atoms with Gasteiger partial charge in [0.05, 0.1) is 16.9 Å². The molecule has 190 valence electrons. The van der Waals surface area contributed by atoms with Gasteiger partial charge in [0.25, 0.3) is 5.91 Å². The summed E-state index contributed by atoms with van der Waals surface area (Å²) in [5, 5.41) is 19.5. The molecule has 0 radical (unpaired) electrons. The molecule has 2 heterocycles. The van der Waals surface area contributed by atoms with Crippen molar-refractivity contribution in [2.45, 2.75) is 78.0 Å². The summed E-state index contributed by atoms with van der Waals surface area (Å²) in [6.07, 6.45) is 0.629. The van der Waals surface area contributed by atoms with E-state index in [0.717, 1.165) is 25.9 Å². The standard InChI is InChI=1S/C25H40N4O5/c1-16(2)29-14-11-18(15-27-24(32)34-25(3,4)5)33-21-19(23(29)31)7-6-8-20(21)28-22(30)17-9-12-26-13-10-17/h6-8,16-18,24,26-27,32H,9-15H2,1-5H3,(H,28,30)/t18-,24?/m0/s1. The fourth-order valence-electron chi connectivity index (χ4n) is 4.26. The van der Waals surface area contributed by atoms with Gasteiger partial charge in [0.2, 0.25) is 12.3 Å². The molecule has 4 N–H and O–H groups in total. The number of aliphatic hydroxyl groups is 1. The molecule has 0 saturated carbocycles. The SMILES string of the molecule is CC(C)N1CC[C@@H](CNC(O)OC(C)(C)C)Oc2c(NC(=O)C3CCNCC3)cccc2C1=O. The summed E-state index contributed by atoms with van der Waals surface area (Å²) >= 11 is 0. The first-order valence-corrected chi connectivity index (χ1v) is 12.3. The maximum atomic E-state index is 13.3. The Morgan fingerprint density at radius 3 is 2.62 bits per heavy atom. The molecule has 0 aromatic heterocycles. The van der Waals surface area contributed by atoms with Crippen molar-refractivity contribution in [2.24, 2.45) is 5.92 Å². The second kappa shape index (κ2) is 11.5. The predicted octanol–water partition coefficient (Wildman–Crippen LogP) is 2.31. The molecule has 34 heavy (non-hydrogen) atoms. The van der Waals surface area contributed by atoms with Crippen LogP contribution in [-0.2, 0) is 9.53 Å². The van der Waals surface area contributed by atoms with Gasteiger partial charge in [-0.15, -0.1) is 0 Å². The van der Waals surface area contributed by atoms with Crippen LogP contribution >= 0.6 is 0 Å². The van der Waals surface area contributed by atoms with E-state index >= 15 is 0 Å². The number of aliphatic hydroxyl groups excluding tert-OH is 1. The van der Waals surface area contributed by atoms with Gasteiger partial charge < -0.3 is 30.1 Å². The first kappa shape index (κ1) is 26.4. The Morgan fingerprint density at radius 2 is 1.97 bits per heavy atom. The number of carbonyl (C=O) groups is 2. The number of rotatable bonds is 7. The number of nitrogens with one attached hydrogen (secondary N) is 3. The molecule has 1 fully saturated rings. The lowest BCUT2D eigenvalue weighted by Gasteiger charge is -2.34. The number of hydrogen-bond donors (Lipinski definition) is 4. The number of nitrogens with zero attached hydrogens (tertiary/aromatic N) is 1. The van der Waals surface area contributed by atoms with Gasteiger partial charge in [0.1, 0.15) is 6.10 Å². The number of ether oxygens (including phenoxy) is 2. The van der Waals surface area contributed by atoms with Crippen molar-refractivity contribution in [1.29, 1.82) is 0 Å². The molecule has 0 bridgehead atoms. The van der Waals surface area contributed by atoms with E-state index in [0.29, 0.717) is 36.5 Å². The molecular formula is C25H40N4O5. The Kier molecular flexibility index (Phi) is 8.92. The molecule has 1 saturated heterocycles. The van der Waals surface area contributed by atoms with E-state index in [2.05, 4.69) is 16.0 Å². The van der Waals surface area contributed by atoms with E-state index in [9.17, 15) is 14.7 Å². The molecule has 2 aliphatic heterocycles. The zero-order valence-corrected chi connectivity index (χ0v) is 21.0. The van der Waals surface area contributed by atoms with E-state index in [4.69, 9.17) is 9.47 Å². The number of piperidine rings is 1. The van der Waals surface area contributed by atoms with Crippen molar-refractivity contribution in [3.05, 3.63) is 23.8 Å². The summed E-state index contributed by atoms with van der Waals surface area (Å²) < 4.78 is 11.9. The maximum absolute atomic E-state index is 13.3. The van der Waals surface area contributed by atoms with Gasteiger partial charge in [0, 0.05) is 31.5 Å². The summed E-state index contributed by atoms with van der Waals surface area (Å²) in [4.78, 5) is 28.1. The average molecular weight is 477 g/mol. The van der Waals surface area contributed by atoms with Crippen molar-refractivity contribution in [3.63, 3.8) is 0 Å². The zero-order valence-electron chi connectivity index (χ0n) is 21.0. The summed E-state index contributed by atoms with van der Waals surface area (Å²) in [5.41, 5.74) is 0.415. The highest BCUT2D eigenvalue weighted by Crippen LogP contribution is 2.34. The Balaban J connectivity index is 1.83. The Hall–Kier alpha value is -2.20. The van der Waals surface area contributed by atoms with Gasteiger partial charge in [0.15, 0.2) is 5.75 Å². The van der Waals surface area contributed by atoms with E-state index in [-0.39, 0.29) is 29.9 Å². The second-order valence-electron chi connectivity index (χ2n) is 10.3. The highest BCUT2D eigenvalue weighted by molar-refractivity contribution is 6.02. The van der Waals surface area contributed by atoms with Crippen LogP contribution in [0.5, 0.6) is 5.75 Å². The predicted molar refractivity (Wildman–Crippen MR) is 131 cm³/mol. The van der Waals surface area contributed by atoms with Crippen molar-refractivity contribution >= 4 is 17.5 Å². The molecule has 2 amide bonds. The lowest BCUT2D eigenvalue weighted by atomic mass is 9.97. The van der Waals surface area contributed by atoms with Gasteiger partial charge >= 0.3 is 0 Å². The van der Waals surface area contributed by atoms with Gasteiger partial charge in [-0.1, -0.05) is 6.07 Å². The molecule has 0 aliphatic carbocycles. The number of amides is 2. The molecule has 2 atom stereocenters. The number of carbonyl (C=O) groups excluding carboxylic acids is 2. The minimum absolute atomic E-state index is 0.00913. The number of benzene rings is 1. The fraction of sp³-hybridized carbons (Fsp3) is 0.680. The molecule has 9 nitrogen and oxygen atoms in total. The monoisotopic (exact) mass is 476 g/mol. The summed E-state index contributed by atoms with van der Waals surface area (Å²) in [6.45, 7) is 12.0. The van der Waals surface area contributed by atoms with Crippen LogP contribution in [0.4, 0.5) is 5.69 Å². The second-order valence-corrected chi connectivity index (χ2v) is 10.3. The summed E-state index contributed by atoms with van der Waals surface area (Å²) in [7, 11) is 0. The number of fused-ring (bicyclic) bond motifs is 1. The van der Waals surface area contributed by atoms with Gasteiger partial charge in [-0.2, -0.15) is 0 Å². The van der Waals surface area contributed by atoms with Crippen LogP contribution in [0.3, 0.4) is 0 Å². The molecule has 1 unspecified atom stereocenters. The number of anilines is 1. The maximum Gasteiger partial charge on any atom is 0.257 e. The zero-order chi connectivity index (χ0) is 24.9. The molecular weight excluding hydrogens is 436 g/mol. The smallest absolute Gasteiger partial charge is 0.257 e. The van der Waals surface area contributed by atoms with Gasteiger partial charge in [-0.3, -0.25) is 14.9 Å². The van der Waals surface area contributed by atoms with E-state index in [1.165, 1.54) is 0 Å². The normalized spacial score (nSPS) is 20.9. The highest BCUT2D eigenvalue weighted by Gasteiger charge is 2.31. The van der Waals surface area contributed by atoms with Crippen LogP contribution < -0.4 is 20.7 Å². The average Bonchev–Trinajstić information content (AvgIpc) is 2.76. The molecule has 0 spiro atoms. The highest BCUT2D eigenvalue weighted by atomic mass is 16.6. The van der Waals surface area contributed by atoms with E-state index in [1.54, 1.807) is 18.2 Å². The number of para-hydroxylation sites is 1. The minimum Gasteiger partial charge on any atom is -0.486 e. The van der Waals surface area contributed by atoms with Crippen LogP contribution in [0.25, 0.3) is 0 Å². The van der Waals surface area contributed by atoms with Gasteiger partial charge in [-0.25, -0.2) is 0 Å². The molecule has 9 heteroatoms. The first-order chi connectivity index (χ1) is 16.0. The molecule has 3 rings (SSSR count). The van der Waals surface area contributed by atoms with Crippen LogP contribution in [-0.4, -0.2) is 72.2 Å². The third kappa shape index (κ3) is 7.15. The van der Waals surface area contributed by atoms with E-state index in [1.807, 2.05) is 39.5 Å². The van der Waals surface area contributed by atoms with Crippen molar-refractivity contribution < 1.29 is 24.2 Å².